The molecule has 0 saturated carbocycles. The number of rotatable bonds is 6. The molecular formula is C25H23Cl2F2NO2S. The van der Waals surface area contributed by atoms with Gasteiger partial charge in [-0.3, -0.25) is 4.90 Å². The fourth-order valence-corrected chi connectivity index (χ4v) is 7.09. The Morgan fingerprint density at radius 1 is 0.818 bits per heavy atom. The minimum Gasteiger partial charge on any atom is -0.291 e. The third kappa shape index (κ3) is 5.09. The van der Waals surface area contributed by atoms with Gasteiger partial charge in [-0.05, 0) is 53.1 Å². The number of hydrogen-bond acceptors (Lipinski definition) is 3. The van der Waals surface area contributed by atoms with Crippen molar-refractivity contribution in [3.8, 4) is 0 Å². The van der Waals surface area contributed by atoms with Gasteiger partial charge in [0.25, 0.3) is 0 Å². The Kier molecular flexibility index (Phi) is 6.58. The maximum atomic E-state index is 13.9. The average Bonchev–Trinajstić information content (AvgIpc) is 2.68. The molecule has 1 atom stereocenters. The van der Waals surface area contributed by atoms with E-state index in [-0.39, 0.29) is 11.6 Å². The first-order valence-electron chi connectivity index (χ1n) is 10.4. The van der Waals surface area contributed by atoms with E-state index in [1.807, 2.05) is 55.5 Å². The van der Waals surface area contributed by atoms with Crippen molar-refractivity contribution in [2.75, 3.05) is 19.3 Å². The van der Waals surface area contributed by atoms with Gasteiger partial charge in [-0.15, -0.1) is 0 Å². The minimum absolute atomic E-state index is 0.131. The Labute approximate surface area is 202 Å². The maximum absolute atomic E-state index is 13.9. The molecule has 33 heavy (non-hydrogen) atoms. The molecule has 0 spiro atoms. The standard InChI is InChI=1S/C25H23Cl2F2NO2S/c1-25(24(33(2,31)32)18-11-21(28)13-22(29)12-18)14-30(15-25)23(16-3-7-19(26)8-4-16)17-5-9-20(27)10-6-17/h3-13,23-24H,14-15H2,1-2H3. The van der Waals surface area contributed by atoms with Crippen LogP contribution in [-0.4, -0.2) is 32.7 Å². The Morgan fingerprint density at radius 3 is 1.64 bits per heavy atom. The molecular weight excluding hydrogens is 487 g/mol. The molecule has 3 aromatic rings. The molecule has 8 heteroatoms. The molecule has 0 N–H and O–H groups in total. The van der Waals surface area contributed by atoms with Gasteiger partial charge in [0.1, 0.15) is 11.6 Å². The molecule has 1 saturated heterocycles. The Balaban J connectivity index is 1.70. The first-order valence-corrected chi connectivity index (χ1v) is 13.1. The van der Waals surface area contributed by atoms with Crippen LogP contribution in [0.4, 0.5) is 8.78 Å². The fraction of sp³-hybridized carbons (Fsp3) is 0.280. The summed E-state index contributed by atoms with van der Waals surface area (Å²) in [6, 6.07) is 17.8. The van der Waals surface area contributed by atoms with E-state index in [2.05, 4.69) is 4.90 Å². The first-order chi connectivity index (χ1) is 15.5. The summed E-state index contributed by atoms with van der Waals surface area (Å²) < 4.78 is 53.5. The molecule has 1 aliphatic heterocycles. The lowest BCUT2D eigenvalue weighted by Crippen LogP contribution is -2.59. The number of likely N-dealkylation sites (tertiary alicyclic amines) is 1. The predicted molar refractivity (Wildman–Crippen MR) is 128 cm³/mol. The zero-order chi connectivity index (χ0) is 24.0. The summed E-state index contributed by atoms with van der Waals surface area (Å²) in [5.41, 5.74) is 1.39. The van der Waals surface area contributed by atoms with Crippen molar-refractivity contribution in [3.05, 3.63) is 105 Å². The van der Waals surface area contributed by atoms with Crippen LogP contribution in [0.1, 0.15) is 34.9 Å². The summed E-state index contributed by atoms with van der Waals surface area (Å²) >= 11 is 12.2. The lowest BCUT2D eigenvalue weighted by atomic mass is 9.74. The lowest BCUT2D eigenvalue weighted by molar-refractivity contribution is -0.0116. The Morgan fingerprint density at radius 2 is 1.24 bits per heavy atom. The lowest BCUT2D eigenvalue weighted by Gasteiger charge is -2.54. The number of hydrogen-bond donors (Lipinski definition) is 0. The smallest absolute Gasteiger partial charge is 0.155 e. The SMILES string of the molecule is CC1(C(c2cc(F)cc(F)c2)S(C)(=O)=O)CN(C(c2ccc(Cl)cc2)c2ccc(Cl)cc2)C1. The molecule has 0 bridgehead atoms. The molecule has 0 radical (unpaired) electrons. The highest BCUT2D eigenvalue weighted by Gasteiger charge is 2.52. The molecule has 0 aromatic heterocycles. The second-order valence-electron chi connectivity index (χ2n) is 8.98. The van der Waals surface area contributed by atoms with Crippen molar-refractivity contribution < 1.29 is 17.2 Å². The normalized spacial score (nSPS) is 17.1. The highest BCUT2D eigenvalue weighted by molar-refractivity contribution is 7.91. The summed E-state index contributed by atoms with van der Waals surface area (Å²) in [6.07, 6.45) is 1.12. The first kappa shape index (κ1) is 24.1. The molecule has 3 nitrogen and oxygen atoms in total. The van der Waals surface area contributed by atoms with E-state index in [1.54, 1.807) is 0 Å². The summed E-state index contributed by atoms with van der Waals surface area (Å²) in [7, 11) is -3.65. The van der Waals surface area contributed by atoms with Gasteiger partial charge in [-0.2, -0.15) is 0 Å². The number of sulfone groups is 1. The molecule has 3 aromatic carbocycles. The molecule has 0 aliphatic carbocycles. The Bertz CT molecular complexity index is 1190. The molecule has 4 rings (SSSR count). The van der Waals surface area contributed by atoms with Crippen molar-refractivity contribution in [1.82, 2.24) is 4.90 Å². The zero-order valence-electron chi connectivity index (χ0n) is 18.1. The van der Waals surface area contributed by atoms with Gasteiger partial charge in [0.2, 0.25) is 0 Å². The summed E-state index contributed by atoms with van der Waals surface area (Å²) in [4.78, 5) is 2.15. The predicted octanol–water partition coefficient (Wildman–Crippen LogP) is 6.47. The van der Waals surface area contributed by atoms with Crippen molar-refractivity contribution in [1.29, 1.82) is 0 Å². The van der Waals surface area contributed by atoms with E-state index in [1.165, 1.54) is 0 Å². The van der Waals surface area contributed by atoms with Crippen LogP contribution < -0.4 is 0 Å². The van der Waals surface area contributed by atoms with Gasteiger partial charge in [-0.1, -0.05) is 54.4 Å². The monoisotopic (exact) mass is 509 g/mol. The van der Waals surface area contributed by atoms with Crippen LogP contribution in [0.15, 0.2) is 66.7 Å². The van der Waals surface area contributed by atoms with Crippen LogP contribution in [-0.2, 0) is 9.84 Å². The summed E-state index contributed by atoms with van der Waals surface area (Å²) in [5.74, 6) is -1.59. The molecule has 1 heterocycles. The van der Waals surface area contributed by atoms with E-state index in [4.69, 9.17) is 23.2 Å². The molecule has 1 fully saturated rings. The number of nitrogens with zero attached hydrogens (tertiary/aromatic N) is 1. The molecule has 0 amide bonds. The second-order valence-corrected chi connectivity index (χ2v) is 12.0. The molecule has 1 unspecified atom stereocenters. The maximum Gasteiger partial charge on any atom is 0.155 e. The van der Waals surface area contributed by atoms with Gasteiger partial charge in [0.05, 0.1) is 11.3 Å². The quantitative estimate of drug-likeness (QED) is 0.382. The van der Waals surface area contributed by atoms with E-state index in [0.29, 0.717) is 23.1 Å². The largest absolute Gasteiger partial charge is 0.291 e. The van der Waals surface area contributed by atoms with Gasteiger partial charge < -0.3 is 0 Å². The highest BCUT2D eigenvalue weighted by Crippen LogP contribution is 2.50. The van der Waals surface area contributed by atoms with Crippen LogP contribution in [0.2, 0.25) is 10.0 Å². The average molecular weight is 510 g/mol. The van der Waals surface area contributed by atoms with Crippen LogP contribution in [0.5, 0.6) is 0 Å². The van der Waals surface area contributed by atoms with Crippen LogP contribution in [0.25, 0.3) is 0 Å². The highest BCUT2D eigenvalue weighted by atomic mass is 35.5. The third-order valence-electron chi connectivity index (χ3n) is 6.11. The molecule has 1 aliphatic rings. The van der Waals surface area contributed by atoms with Gasteiger partial charge in [0, 0.05) is 40.9 Å². The summed E-state index contributed by atoms with van der Waals surface area (Å²) in [6.45, 7) is 2.68. The van der Waals surface area contributed by atoms with Crippen molar-refractivity contribution >= 4 is 33.0 Å². The van der Waals surface area contributed by atoms with E-state index in [0.717, 1.165) is 35.6 Å². The second kappa shape index (κ2) is 8.99. The fourth-order valence-electron chi connectivity index (χ4n) is 5.03. The number of benzene rings is 3. The number of halogens is 4. The van der Waals surface area contributed by atoms with E-state index >= 15 is 0 Å². The van der Waals surface area contributed by atoms with Crippen molar-refractivity contribution in [2.24, 2.45) is 5.41 Å². The molecule has 174 valence electrons. The van der Waals surface area contributed by atoms with E-state index < -0.39 is 32.1 Å². The van der Waals surface area contributed by atoms with Gasteiger partial charge >= 0.3 is 0 Å². The summed E-state index contributed by atoms with van der Waals surface area (Å²) in [5, 5.41) is 0.196. The third-order valence-corrected chi connectivity index (χ3v) is 8.32. The van der Waals surface area contributed by atoms with Gasteiger partial charge in [0.15, 0.2) is 9.84 Å². The van der Waals surface area contributed by atoms with Crippen molar-refractivity contribution in [3.63, 3.8) is 0 Å². The van der Waals surface area contributed by atoms with Gasteiger partial charge in [-0.25, -0.2) is 17.2 Å². The Hall–Kier alpha value is -1.99. The van der Waals surface area contributed by atoms with Crippen LogP contribution >= 0.6 is 23.2 Å². The van der Waals surface area contributed by atoms with Crippen LogP contribution in [0, 0.1) is 17.0 Å². The van der Waals surface area contributed by atoms with Crippen LogP contribution in [0.3, 0.4) is 0 Å². The topological polar surface area (TPSA) is 37.4 Å². The van der Waals surface area contributed by atoms with Crippen molar-refractivity contribution in [2.45, 2.75) is 18.2 Å². The van der Waals surface area contributed by atoms with E-state index in [9.17, 15) is 17.2 Å². The minimum atomic E-state index is -3.65. The zero-order valence-corrected chi connectivity index (χ0v) is 20.4.